The molecule has 7 nitrogen and oxygen atoms in total. The van der Waals surface area contributed by atoms with E-state index in [1.54, 1.807) is 0 Å². The fourth-order valence-electron chi connectivity index (χ4n) is 2.66. The summed E-state index contributed by atoms with van der Waals surface area (Å²) in [6.45, 7) is 0. The molecule has 2 N–H and O–H groups in total. The number of aromatic nitrogens is 2. The van der Waals surface area contributed by atoms with Crippen molar-refractivity contribution in [3.63, 3.8) is 0 Å². The highest BCUT2D eigenvalue weighted by Gasteiger charge is 2.40. The summed E-state index contributed by atoms with van der Waals surface area (Å²) in [5.74, 6) is -1.06. The standard InChI is InChI=1S/C18H14ClF3N4O3S/c1-30(28,29)25-13-6-3-5-12(9-13)24-17(27)15-10-23-26(16(15)18(20,21)22)14-7-2-4-11(19)8-14/h2-10,25H,1H3,(H,24,27). The fraction of sp³-hybridized carbons (Fsp3) is 0.111. The first-order chi connectivity index (χ1) is 13.9. The highest BCUT2D eigenvalue weighted by molar-refractivity contribution is 7.92. The topological polar surface area (TPSA) is 93.1 Å². The molecule has 0 saturated carbocycles. The van der Waals surface area contributed by atoms with Crippen molar-refractivity contribution >= 4 is 38.9 Å². The van der Waals surface area contributed by atoms with Gasteiger partial charge in [0.1, 0.15) is 0 Å². The molecule has 0 spiro atoms. The molecule has 3 aromatic rings. The Kier molecular flexibility index (Phi) is 5.77. The number of carbonyl (C=O) groups excluding carboxylic acids is 1. The van der Waals surface area contributed by atoms with E-state index in [1.807, 2.05) is 0 Å². The smallest absolute Gasteiger partial charge is 0.322 e. The van der Waals surface area contributed by atoms with E-state index in [4.69, 9.17) is 11.6 Å². The summed E-state index contributed by atoms with van der Waals surface area (Å²) in [6, 6.07) is 11.1. The average molecular weight is 459 g/mol. The van der Waals surface area contributed by atoms with Crippen LogP contribution < -0.4 is 10.0 Å². The lowest BCUT2D eigenvalue weighted by Gasteiger charge is -2.13. The van der Waals surface area contributed by atoms with Crippen LogP contribution in [0.1, 0.15) is 16.1 Å². The van der Waals surface area contributed by atoms with Crippen LogP contribution in [-0.4, -0.2) is 30.4 Å². The molecular weight excluding hydrogens is 445 g/mol. The summed E-state index contributed by atoms with van der Waals surface area (Å²) in [6.07, 6.45) is -3.14. The fourth-order valence-corrected chi connectivity index (χ4v) is 3.40. The highest BCUT2D eigenvalue weighted by Crippen LogP contribution is 2.34. The molecule has 0 aliphatic heterocycles. The van der Waals surface area contributed by atoms with E-state index in [9.17, 15) is 26.4 Å². The molecule has 30 heavy (non-hydrogen) atoms. The summed E-state index contributed by atoms with van der Waals surface area (Å²) in [4.78, 5) is 12.6. The number of hydrogen-bond acceptors (Lipinski definition) is 4. The maximum Gasteiger partial charge on any atom is 0.434 e. The second-order valence-electron chi connectivity index (χ2n) is 6.21. The van der Waals surface area contributed by atoms with Gasteiger partial charge in [0, 0.05) is 10.7 Å². The molecule has 3 rings (SSSR count). The van der Waals surface area contributed by atoms with Gasteiger partial charge in [-0.1, -0.05) is 23.7 Å². The van der Waals surface area contributed by atoms with E-state index in [2.05, 4.69) is 15.1 Å². The summed E-state index contributed by atoms with van der Waals surface area (Å²) < 4.78 is 66.6. The minimum absolute atomic E-state index is 0.0354. The molecule has 0 saturated heterocycles. The van der Waals surface area contributed by atoms with Gasteiger partial charge in [0.2, 0.25) is 10.0 Å². The molecule has 1 aromatic heterocycles. The number of alkyl halides is 3. The van der Waals surface area contributed by atoms with E-state index in [0.29, 0.717) is 4.68 Å². The molecule has 0 aliphatic carbocycles. The van der Waals surface area contributed by atoms with E-state index in [1.165, 1.54) is 48.5 Å². The third-order valence-corrected chi connectivity index (χ3v) is 4.60. The van der Waals surface area contributed by atoms with Crippen molar-refractivity contribution in [3.8, 4) is 5.69 Å². The lowest BCUT2D eigenvalue weighted by molar-refractivity contribution is -0.143. The van der Waals surface area contributed by atoms with Crippen LogP contribution in [0.5, 0.6) is 0 Å². The number of nitrogens with one attached hydrogen (secondary N) is 2. The SMILES string of the molecule is CS(=O)(=O)Nc1cccc(NC(=O)c2cnn(-c3cccc(Cl)c3)c2C(F)(F)F)c1. The van der Waals surface area contributed by atoms with Crippen LogP contribution in [0.25, 0.3) is 5.69 Å². The molecule has 0 atom stereocenters. The molecule has 0 radical (unpaired) electrons. The molecule has 1 amide bonds. The van der Waals surface area contributed by atoms with E-state index < -0.39 is 33.4 Å². The normalized spacial score (nSPS) is 11.9. The van der Waals surface area contributed by atoms with Gasteiger partial charge in [-0.3, -0.25) is 9.52 Å². The minimum Gasteiger partial charge on any atom is -0.322 e. The molecule has 2 aromatic carbocycles. The predicted molar refractivity (Wildman–Crippen MR) is 106 cm³/mol. The van der Waals surface area contributed by atoms with Crippen LogP contribution in [0.4, 0.5) is 24.5 Å². The van der Waals surface area contributed by atoms with Crippen LogP contribution in [0.15, 0.2) is 54.7 Å². The first kappa shape index (κ1) is 21.7. The Bertz CT molecular complexity index is 1210. The Morgan fingerprint density at radius 2 is 1.77 bits per heavy atom. The Morgan fingerprint density at radius 3 is 2.40 bits per heavy atom. The maximum atomic E-state index is 13.7. The number of carbonyl (C=O) groups is 1. The van der Waals surface area contributed by atoms with Gasteiger partial charge in [0.25, 0.3) is 5.91 Å². The zero-order chi connectivity index (χ0) is 22.1. The molecule has 12 heteroatoms. The third-order valence-electron chi connectivity index (χ3n) is 3.76. The quantitative estimate of drug-likeness (QED) is 0.600. The van der Waals surface area contributed by atoms with Crippen LogP contribution >= 0.6 is 11.6 Å². The molecule has 0 aliphatic rings. The van der Waals surface area contributed by atoms with Gasteiger partial charge >= 0.3 is 6.18 Å². The monoisotopic (exact) mass is 458 g/mol. The van der Waals surface area contributed by atoms with Crippen molar-refractivity contribution in [2.45, 2.75) is 6.18 Å². The van der Waals surface area contributed by atoms with Gasteiger partial charge < -0.3 is 5.32 Å². The Labute approximate surface area is 174 Å². The molecule has 158 valence electrons. The van der Waals surface area contributed by atoms with Gasteiger partial charge in [-0.05, 0) is 36.4 Å². The lowest BCUT2D eigenvalue weighted by atomic mass is 10.2. The minimum atomic E-state index is -4.88. The van der Waals surface area contributed by atoms with Crippen molar-refractivity contribution in [3.05, 3.63) is 71.0 Å². The molecule has 0 unspecified atom stereocenters. The first-order valence-corrected chi connectivity index (χ1v) is 10.5. The summed E-state index contributed by atoms with van der Waals surface area (Å²) in [5, 5.41) is 6.23. The van der Waals surface area contributed by atoms with Crippen molar-refractivity contribution < 1.29 is 26.4 Å². The van der Waals surface area contributed by atoms with Crippen LogP contribution in [0, 0.1) is 0 Å². The molecular formula is C18H14ClF3N4O3S. The number of anilines is 2. The lowest BCUT2D eigenvalue weighted by Crippen LogP contribution is -2.20. The Hall–Kier alpha value is -3.05. The van der Waals surface area contributed by atoms with Gasteiger partial charge in [0.05, 0.1) is 29.4 Å². The average Bonchev–Trinajstić information content (AvgIpc) is 3.06. The number of benzene rings is 2. The summed E-state index contributed by atoms with van der Waals surface area (Å²) in [5.41, 5.74) is -1.71. The first-order valence-electron chi connectivity index (χ1n) is 8.24. The van der Waals surface area contributed by atoms with E-state index in [-0.39, 0.29) is 22.1 Å². The molecule has 1 heterocycles. The van der Waals surface area contributed by atoms with Crippen molar-refractivity contribution in [1.29, 1.82) is 0 Å². The van der Waals surface area contributed by atoms with Crippen molar-refractivity contribution in [1.82, 2.24) is 9.78 Å². The second-order valence-corrected chi connectivity index (χ2v) is 8.39. The summed E-state index contributed by atoms with van der Waals surface area (Å²) >= 11 is 5.85. The molecule has 0 bridgehead atoms. The Balaban J connectivity index is 1.96. The van der Waals surface area contributed by atoms with Crippen LogP contribution in [0.3, 0.4) is 0 Å². The summed E-state index contributed by atoms with van der Waals surface area (Å²) in [7, 11) is -3.57. The van der Waals surface area contributed by atoms with E-state index >= 15 is 0 Å². The third kappa shape index (κ3) is 5.10. The number of rotatable bonds is 5. The van der Waals surface area contributed by atoms with Gasteiger partial charge in [-0.15, -0.1) is 0 Å². The zero-order valence-electron chi connectivity index (χ0n) is 15.2. The van der Waals surface area contributed by atoms with Crippen LogP contribution in [0.2, 0.25) is 5.02 Å². The highest BCUT2D eigenvalue weighted by atomic mass is 35.5. The maximum absolute atomic E-state index is 13.7. The predicted octanol–water partition coefficient (Wildman–Crippen LogP) is 4.17. The van der Waals surface area contributed by atoms with Crippen molar-refractivity contribution in [2.75, 3.05) is 16.3 Å². The van der Waals surface area contributed by atoms with Gasteiger partial charge in [0.15, 0.2) is 5.69 Å². The largest absolute Gasteiger partial charge is 0.434 e. The number of sulfonamides is 1. The number of halogens is 4. The van der Waals surface area contributed by atoms with Gasteiger partial charge in [-0.2, -0.15) is 18.3 Å². The van der Waals surface area contributed by atoms with E-state index in [0.717, 1.165) is 12.5 Å². The number of hydrogen-bond donors (Lipinski definition) is 2. The zero-order valence-corrected chi connectivity index (χ0v) is 16.8. The van der Waals surface area contributed by atoms with Gasteiger partial charge in [-0.25, -0.2) is 13.1 Å². The second kappa shape index (κ2) is 8.00. The Morgan fingerprint density at radius 1 is 1.10 bits per heavy atom. The molecule has 0 fully saturated rings. The number of amides is 1. The van der Waals surface area contributed by atoms with Crippen LogP contribution in [-0.2, 0) is 16.2 Å². The van der Waals surface area contributed by atoms with Crippen molar-refractivity contribution in [2.24, 2.45) is 0 Å². The number of nitrogens with zero attached hydrogens (tertiary/aromatic N) is 2.